The Morgan fingerprint density at radius 3 is 2.65 bits per heavy atom. The number of thiophene rings is 2. The minimum absolute atomic E-state index is 0.352. The monoisotopic (exact) mass is 548 g/mol. The predicted octanol–water partition coefficient (Wildman–Crippen LogP) is 7.43. The largest absolute Gasteiger partial charge is 0.481 e. The maximum Gasteiger partial charge on any atom is 0.412 e. The van der Waals surface area contributed by atoms with Gasteiger partial charge in [-0.2, -0.15) is 4.37 Å². The van der Waals surface area contributed by atoms with E-state index in [0.29, 0.717) is 29.3 Å². The minimum atomic E-state index is -0.732. The molecular formula is C28H24N2O4S3. The normalized spacial score (nSPS) is 16.6. The van der Waals surface area contributed by atoms with Crippen molar-refractivity contribution in [1.29, 1.82) is 0 Å². The zero-order chi connectivity index (χ0) is 25.7. The number of ether oxygens (including phenoxy) is 1. The first-order chi connectivity index (χ1) is 17.8. The molecule has 6 rings (SSSR count). The highest BCUT2D eigenvalue weighted by atomic mass is 32.2. The van der Waals surface area contributed by atoms with Crippen LogP contribution in [0.15, 0.2) is 36.4 Å². The fourth-order valence-corrected chi connectivity index (χ4v) is 7.80. The van der Waals surface area contributed by atoms with Gasteiger partial charge in [-0.3, -0.25) is 10.1 Å². The van der Waals surface area contributed by atoms with Gasteiger partial charge in [0.05, 0.1) is 20.3 Å². The second kappa shape index (κ2) is 9.28. The number of rotatable bonds is 6. The van der Waals surface area contributed by atoms with E-state index in [2.05, 4.69) is 21.5 Å². The molecule has 37 heavy (non-hydrogen) atoms. The van der Waals surface area contributed by atoms with Crippen LogP contribution in [0.4, 0.5) is 10.5 Å². The van der Waals surface area contributed by atoms with Gasteiger partial charge in [0.1, 0.15) is 16.4 Å². The molecule has 4 aromatic rings. The molecule has 3 aromatic heterocycles. The number of hydrogen-bond acceptors (Lipinski definition) is 7. The average Bonchev–Trinajstić information content (AvgIpc) is 3.75. The van der Waals surface area contributed by atoms with E-state index in [0.717, 1.165) is 48.8 Å². The molecule has 0 spiro atoms. The molecular weight excluding hydrogens is 525 g/mol. The summed E-state index contributed by atoms with van der Waals surface area (Å²) in [4.78, 5) is 27.0. The Bertz CT molecular complexity index is 1560. The summed E-state index contributed by atoms with van der Waals surface area (Å²) in [6, 6.07) is 11.9. The third kappa shape index (κ3) is 4.65. The summed E-state index contributed by atoms with van der Waals surface area (Å²) < 4.78 is 11.4. The summed E-state index contributed by atoms with van der Waals surface area (Å²) >= 11 is 4.42. The molecule has 2 aliphatic rings. The lowest BCUT2D eigenvalue weighted by atomic mass is 10.1. The number of hydrogen-bond donors (Lipinski definition) is 2. The number of nitrogens with zero attached hydrogens (tertiary/aromatic N) is 1. The van der Waals surface area contributed by atoms with Crippen molar-refractivity contribution in [2.24, 2.45) is 0 Å². The summed E-state index contributed by atoms with van der Waals surface area (Å²) in [5.74, 6) is 6.07. The van der Waals surface area contributed by atoms with Gasteiger partial charge in [-0.1, -0.05) is 24.3 Å². The zero-order valence-corrected chi connectivity index (χ0v) is 22.7. The number of carbonyl (C=O) groups is 2. The molecule has 2 N–H and O–H groups in total. The van der Waals surface area contributed by atoms with E-state index in [1.807, 2.05) is 50.2 Å². The number of aromatic nitrogens is 1. The van der Waals surface area contributed by atoms with Crippen molar-refractivity contribution in [3.63, 3.8) is 0 Å². The summed E-state index contributed by atoms with van der Waals surface area (Å²) in [7, 11) is 0. The highest BCUT2D eigenvalue weighted by Gasteiger charge is 2.53. The number of carboxylic acid groups (broad SMARTS) is 1. The fourth-order valence-electron chi connectivity index (χ4n) is 4.49. The Morgan fingerprint density at radius 1 is 1.19 bits per heavy atom. The Hall–Kier alpha value is -3.19. The number of fused-ring (bicyclic) bond motifs is 1. The van der Waals surface area contributed by atoms with Crippen LogP contribution < -0.4 is 5.32 Å². The summed E-state index contributed by atoms with van der Waals surface area (Å²) in [6.07, 6.45) is 2.63. The van der Waals surface area contributed by atoms with Crippen LogP contribution in [0, 0.1) is 18.8 Å². The van der Waals surface area contributed by atoms with Crippen molar-refractivity contribution in [2.75, 3.05) is 5.32 Å². The number of nitrogens with one attached hydrogen (secondary N) is 1. The number of anilines is 1. The zero-order valence-electron chi connectivity index (χ0n) is 20.3. The summed E-state index contributed by atoms with van der Waals surface area (Å²) in [6.45, 7) is 3.87. The number of aryl methyl sites for hydroxylation is 1. The Labute approximate surface area is 226 Å². The first kappa shape index (κ1) is 24.2. The van der Waals surface area contributed by atoms with Gasteiger partial charge in [-0.15, -0.1) is 22.7 Å². The van der Waals surface area contributed by atoms with Crippen LogP contribution in [0.5, 0.6) is 0 Å². The molecule has 188 valence electrons. The molecule has 1 atom stereocenters. The quantitative estimate of drug-likeness (QED) is 0.245. The van der Waals surface area contributed by atoms with Crippen molar-refractivity contribution in [3.05, 3.63) is 67.9 Å². The van der Waals surface area contributed by atoms with E-state index in [-0.39, 0.29) is 6.10 Å². The van der Waals surface area contributed by atoms with Crippen LogP contribution in [-0.4, -0.2) is 21.5 Å². The molecule has 9 heteroatoms. The van der Waals surface area contributed by atoms with Crippen molar-refractivity contribution in [3.8, 4) is 11.8 Å². The molecule has 2 saturated carbocycles. The maximum absolute atomic E-state index is 12.8. The third-order valence-corrected chi connectivity index (χ3v) is 10.3. The van der Waals surface area contributed by atoms with E-state index in [9.17, 15) is 14.7 Å². The van der Waals surface area contributed by atoms with Crippen molar-refractivity contribution >= 4 is 61.4 Å². The predicted molar refractivity (Wildman–Crippen MR) is 148 cm³/mol. The summed E-state index contributed by atoms with van der Waals surface area (Å²) in [5.41, 5.74) is 2.90. The molecule has 2 aliphatic carbocycles. The summed E-state index contributed by atoms with van der Waals surface area (Å²) in [5, 5.41) is 13.6. The molecule has 0 bridgehead atoms. The average molecular weight is 549 g/mol. The highest BCUT2D eigenvalue weighted by Crippen LogP contribution is 2.52. The Balaban J connectivity index is 1.21. The van der Waals surface area contributed by atoms with Crippen molar-refractivity contribution < 1.29 is 19.4 Å². The number of aliphatic carboxylic acids is 1. The van der Waals surface area contributed by atoms with E-state index in [4.69, 9.17) is 4.74 Å². The van der Waals surface area contributed by atoms with Gasteiger partial charge in [-0.25, -0.2) is 4.79 Å². The molecule has 1 amide bonds. The molecule has 0 saturated heterocycles. The van der Waals surface area contributed by atoms with Gasteiger partial charge in [-0.05, 0) is 86.2 Å². The van der Waals surface area contributed by atoms with Crippen molar-refractivity contribution in [1.82, 2.24) is 4.37 Å². The smallest absolute Gasteiger partial charge is 0.412 e. The standard InChI is InChI=1S/C28H24N2O4S3/c1-15-5-3-4-6-20(15)16(2)34-27(33)29-24-21(37-30-23(24)17-7-8-17)10-9-19-13-18-14-22(36-25(18)35-19)28(11-12-28)26(31)32/h3-6,13-14,16-17H,7-8,11-12H2,1-2H3,(H,29,33)(H,31,32). The van der Waals surface area contributed by atoms with Gasteiger partial charge in [0, 0.05) is 16.2 Å². The number of benzene rings is 1. The second-order valence-electron chi connectivity index (χ2n) is 9.68. The van der Waals surface area contributed by atoms with Gasteiger partial charge in [0.25, 0.3) is 0 Å². The second-order valence-corrected chi connectivity index (χ2v) is 12.8. The Morgan fingerprint density at radius 2 is 1.97 bits per heavy atom. The minimum Gasteiger partial charge on any atom is -0.481 e. The molecule has 1 unspecified atom stereocenters. The van der Waals surface area contributed by atoms with E-state index in [1.54, 1.807) is 22.7 Å². The van der Waals surface area contributed by atoms with E-state index >= 15 is 0 Å². The number of carboxylic acids is 1. The first-order valence-electron chi connectivity index (χ1n) is 12.2. The molecule has 6 nitrogen and oxygen atoms in total. The van der Waals surface area contributed by atoms with Gasteiger partial charge in [0.2, 0.25) is 0 Å². The highest BCUT2D eigenvalue weighted by molar-refractivity contribution is 7.38. The van der Waals surface area contributed by atoms with Gasteiger partial charge >= 0.3 is 12.1 Å². The molecule has 2 fully saturated rings. The number of amides is 1. The lowest BCUT2D eigenvalue weighted by Crippen LogP contribution is -2.17. The van der Waals surface area contributed by atoms with Crippen molar-refractivity contribution in [2.45, 2.75) is 57.0 Å². The topological polar surface area (TPSA) is 88.5 Å². The van der Waals surface area contributed by atoms with E-state index < -0.39 is 17.5 Å². The molecule has 0 radical (unpaired) electrons. The SMILES string of the molecule is Cc1ccccc1C(C)OC(=O)Nc1c(C2CC2)nsc1C#Cc1cc2cc(C3(C(=O)O)CC3)sc2s1. The van der Waals surface area contributed by atoms with Gasteiger partial charge in [0.15, 0.2) is 0 Å². The Kier molecular flexibility index (Phi) is 6.06. The van der Waals surface area contributed by atoms with Crippen LogP contribution in [0.25, 0.3) is 9.40 Å². The van der Waals surface area contributed by atoms with Crippen LogP contribution >= 0.6 is 34.2 Å². The number of carbonyl (C=O) groups excluding carboxylic acids is 1. The third-order valence-electron chi connectivity index (χ3n) is 6.96. The van der Waals surface area contributed by atoms with Crippen LogP contribution in [0.1, 0.15) is 76.1 Å². The molecule has 0 aliphatic heterocycles. The first-order valence-corrected chi connectivity index (χ1v) is 14.6. The van der Waals surface area contributed by atoms with Crippen LogP contribution in [0.2, 0.25) is 0 Å². The van der Waals surface area contributed by atoms with Crippen LogP contribution in [-0.2, 0) is 14.9 Å². The van der Waals surface area contributed by atoms with E-state index in [1.165, 1.54) is 11.5 Å². The molecule has 1 aromatic carbocycles. The lowest BCUT2D eigenvalue weighted by molar-refractivity contribution is -0.139. The maximum atomic E-state index is 12.8. The molecule has 3 heterocycles. The van der Waals surface area contributed by atoms with Gasteiger partial charge < -0.3 is 9.84 Å². The van der Waals surface area contributed by atoms with Crippen LogP contribution in [0.3, 0.4) is 0 Å². The lowest BCUT2D eigenvalue weighted by Gasteiger charge is -2.16. The fraction of sp³-hybridized carbons (Fsp3) is 0.321.